The first kappa shape index (κ1) is 31.1. The highest BCUT2D eigenvalue weighted by Crippen LogP contribution is 2.31. The lowest BCUT2D eigenvalue weighted by Crippen LogP contribution is -2.56. The molecular formula is C22H24N6O12. The molecule has 0 aliphatic heterocycles. The van der Waals surface area contributed by atoms with Gasteiger partial charge >= 0.3 is 11.9 Å². The topological polar surface area (TPSA) is 277 Å². The molecule has 0 aliphatic rings. The maximum absolute atomic E-state index is 13.0. The fourth-order valence-electron chi connectivity index (χ4n) is 3.65. The van der Waals surface area contributed by atoms with Gasteiger partial charge in [-0.15, -0.1) is 0 Å². The Bertz CT molecular complexity index is 1180. The van der Waals surface area contributed by atoms with Crippen molar-refractivity contribution in [1.29, 1.82) is 0 Å². The molecule has 0 aromatic heterocycles. The van der Waals surface area contributed by atoms with E-state index in [0.717, 1.165) is 36.4 Å². The van der Waals surface area contributed by atoms with Crippen molar-refractivity contribution in [2.75, 3.05) is 6.54 Å². The third kappa shape index (κ3) is 7.26. The van der Waals surface area contributed by atoms with Gasteiger partial charge < -0.3 is 20.9 Å². The summed E-state index contributed by atoms with van der Waals surface area (Å²) in [7, 11) is 0. The van der Waals surface area contributed by atoms with E-state index in [9.17, 15) is 50.0 Å². The van der Waals surface area contributed by atoms with E-state index >= 15 is 0 Å². The number of carbonyl (C=O) groups excluding carboxylic acids is 2. The number of carbonyl (C=O) groups is 2. The van der Waals surface area contributed by atoms with Gasteiger partial charge in [-0.05, 0) is 31.5 Å². The predicted octanol–water partition coefficient (Wildman–Crippen LogP) is 2.32. The summed E-state index contributed by atoms with van der Waals surface area (Å²) in [6.07, 6.45) is 0.629. The lowest BCUT2D eigenvalue weighted by Gasteiger charge is -2.25. The van der Waals surface area contributed by atoms with Gasteiger partial charge in [0.2, 0.25) is 5.54 Å². The standard InChI is InChI=1S/C22H24N6O12/c23-11-3-1-2-10-22(24,20(29)39-12-14-16(25(31)32)6-4-7-17(14)26(33)34)21(30)40-13-15-18(27(35)36)8-5-9-19(15)28(37)38/h4-9H,1-3,10-13,23-24H2. The van der Waals surface area contributed by atoms with Crippen LogP contribution in [0.4, 0.5) is 22.7 Å². The van der Waals surface area contributed by atoms with E-state index in [4.69, 9.17) is 20.9 Å². The molecule has 2 rings (SSSR count). The summed E-state index contributed by atoms with van der Waals surface area (Å²) < 4.78 is 10.0. The molecule has 0 radical (unpaired) electrons. The predicted molar refractivity (Wildman–Crippen MR) is 134 cm³/mol. The number of rotatable bonds is 15. The lowest BCUT2D eigenvalue weighted by molar-refractivity contribution is -0.396. The lowest BCUT2D eigenvalue weighted by atomic mass is 9.93. The number of hydrogen-bond donors (Lipinski definition) is 2. The van der Waals surface area contributed by atoms with E-state index in [1.165, 1.54) is 0 Å². The minimum atomic E-state index is -2.58. The molecule has 18 heteroatoms. The summed E-state index contributed by atoms with van der Waals surface area (Å²) in [5, 5.41) is 45.4. The molecule has 18 nitrogen and oxygen atoms in total. The van der Waals surface area contributed by atoms with Crippen molar-refractivity contribution in [3.8, 4) is 0 Å². The Hall–Kier alpha value is -5.10. The number of nitrogens with two attached hydrogens (primary N) is 2. The molecule has 0 spiro atoms. The Balaban J connectivity index is 2.36. The molecule has 40 heavy (non-hydrogen) atoms. The smallest absolute Gasteiger partial charge is 0.338 e. The molecule has 0 saturated heterocycles. The van der Waals surface area contributed by atoms with E-state index in [1.54, 1.807) is 0 Å². The fraction of sp³-hybridized carbons (Fsp3) is 0.364. The molecular weight excluding hydrogens is 540 g/mol. The van der Waals surface area contributed by atoms with Gasteiger partial charge in [-0.25, -0.2) is 9.59 Å². The summed E-state index contributed by atoms with van der Waals surface area (Å²) in [4.78, 5) is 67.8. The van der Waals surface area contributed by atoms with Crippen LogP contribution in [0.2, 0.25) is 0 Å². The molecule has 0 unspecified atom stereocenters. The highest BCUT2D eigenvalue weighted by atomic mass is 16.6. The van der Waals surface area contributed by atoms with Gasteiger partial charge in [-0.1, -0.05) is 12.8 Å². The van der Waals surface area contributed by atoms with Gasteiger partial charge in [-0.2, -0.15) is 0 Å². The van der Waals surface area contributed by atoms with Crippen LogP contribution in [0.3, 0.4) is 0 Å². The molecule has 0 atom stereocenters. The second kappa shape index (κ2) is 13.6. The van der Waals surface area contributed by atoms with Gasteiger partial charge in [0.05, 0.1) is 19.7 Å². The minimum absolute atomic E-state index is 0.134. The van der Waals surface area contributed by atoms with Crippen molar-refractivity contribution in [2.45, 2.75) is 44.4 Å². The van der Waals surface area contributed by atoms with Gasteiger partial charge in [0.15, 0.2) is 0 Å². The molecule has 0 aliphatic carbocycles. The first-order chi connectivity index (χ1) is 18.8. The van der Waals surface area contributed by atoms with E-state index in [0.29, 0.717) is 12.8 Å². The van der Waals surface area contributed by atoms with Crippen molar-refractivity contribution in [3.05, 3.63) is 88.0 Å². The third-order valence-corrected chi connectivity index (χ3v) is 5.74. The zero-order chi connectivity index (χ0) is 30.0. The van der Waals surface area contributed by atoms with Crippen molar-refractivity contribution in [3.63, 3.8) is 0 Å². The maximum atomic E-state index is 13.0. The highest BCUT2D eigenvalue weighted by molar-refractivity contribution is 6.04. The first-order valence-electron chi connectivity index (χ1n) is 11.5. The van der Waals surface area contributed by atoms with Crippen LogP contribution in [0.1, 0.15) is 36.8 Å². The van der Waals surface area contributed by atoms with Crippen molar-refractivity contribution >= 4 is 34.7 Å². The van der Waals surface area contributed by atoms with Crippen LogP contribution >= 0.6 is 0 Å². The van der Waals surface area contributed by atoms with Crippen molar-refractivity contribution < 1.29 is 38.8 Å². The van der Waals surface area contributed by atoms with Crippen LogP contribution in [0.15, 0.2) is 36.4 Å². The van der Waals surface area contributed by atoms with Crippen LogP contribution in [-0.4, -0.2) is 43.7 Å². The normalized spacial score (nSPS) is 10.9. The molecule has 0 bridgehead atoms. The summed E-state index contributed by atoms with van der Waals surface area (Å²) >= 11 is 0. The molecule has 4 N–H and O–H groups in total. The number of nitro benzene ring substituents is 4. The second-order valence-corrected chi connectivity index (χ2v) is 8.30. The fourth-order valence-corrected chi connectivity index (χ4v) is 3.65. The van der Waals surface area contributed by atoms with Crippen LogP contribution in [0.5, 0.6) is 0 Å². The zero-order valence-corrected chi connectivity index (χ0v) is 20.8. The molecule has 2 aromatic rings. The Morgan fingerprint density at radius 2 is 1.02 bits per heavy atom. The maximum Gasteiger partial charge on any atom is 0.338 e. The van der Waals surface area contributed by atoms with Gasteiger partial charge in [0, 0.05) is 24.3 Å². The molecule has 0 fully saturated rings. The number of unbranched alkanes of at least 4 members (excludes halogenated alkanes) is 2. The van der Waals surface area contributed by atoms with Crippen LogP contribution < -0.4 is 11.5 Å². The van der Waals surface area contributed by atoms with E-state index in [1.807, 2.05) is 0 Å². The Morgan fingerprint density at radius 1 is 0.675 bits per heavy atom. The SMILES string of the molecule is NCCCCCC(N)(C(=O)OCc1c([N+](=O)[O-])cccc1[N+](=O)[O-])C(=O)OCc1c([N+](=O)[O-])cccc1[N+](=O)[O-]. The Morgan fingerprint density at radius 3 is 1.32 bits per heavy atom. The number of benzene rings is 2. The number of hydrogen-bond acceptors (Lipinski definition) is 14. The average molecular weight is 564 g/mol. The third-order valence-electron chi connectivity index (χ3n) is 5.74. The van der Waals surface area contributed by atoms with E-state index in [-0.39, 0.29) is 13.0 Å². The van der Waals surface area contributed by atoms with Crippen LogP contribution in [0, 0.1) is 40.5 Å². The molecule has 0 saturated carbocycles. The molecule has 0 heterocycles. The first-order valence-corrected chi connectivity index (χ1v) is 11.5. The van der Waals surface area contributed by atoms with Crippen LogP contribution in [-0.2, 0) is 32.3 Å². The van der Waals surface area contributed by atoms with E-state index in [2.05, 4.69) is 0 Å². The van der Waals surface area contributed by atoms with Crippen LogP contribution in [0.25, 0.3) is 0 Å². The van der Waals surface area contributed by atoms with Gasteiger partial charge in [-0.3, -0.25) is 40.5 Å². The monoisotopic (exact) mass is 564 g/mol. The van der Waals surface area contributed by atoms with Gasteiger partial charge in [0.1, 0.15) is 24.3 Å². The number of nitrogens with zero attached hydrogens (tertiary/aromatic N) is 4. The molecule has 214 valence electrons. The zero-order valence-electron chi connectivity index (χ0n) is 20.8. The second-order valence-electron chi connectivity index (χ2n) is 8.30. The largest absolute Gasteiger partial charge is 0.458 e. The quantitative estimate of drug-likeness (QED) is 0.103. The van der Waals surface area contributed by atoms with E-state index < -0.39 is 90.7 Å². The minimum Gasteiger partial charge on any atom is -0.458 e. The molecule has 0 amide bonds. The highest BCUT2D eigenvalue weighted by Gasteiger charge is 2.46. The summed E-state index contributed by atoms with van der Waals surface area (Å²) in [6.45, 7) is -1.72. The number of ether oxygens (including phenoxy) is 2. The number of nitro groups is 4. The average Bonchev–Trinajstić information content (AvgIpc) is 2.91. The van der Waals surface area contributed by atoms with Crippen molar-refractivity contribution in [2.24, 2.45) is 11.5 Å². The Labute approximate surface area is 224 Å². The molecule has 2 aromatic carbocycles. The summed E-state index contributed by atoms with van der Waals surface area (Å²) in [5.41, 5.74) is 4.90. The Kier molecular flexibility index (Phi) is 10.6. The summed E-state index contributed by atoms with van der Waals surface area (Å²) in [5.74, 6) is -2.93. The van der Waals surface area contributed by atoms with Gasteiger partial charge in [0.25, 0.3) is 22.7 Å². The summed E-state index contributed by atoms with van der Waals surface area (Å²) in [6, 6.07) is 5.93. The van der Waals surface area contributed by atoms with Crippen molar-refractivity contribution in [1.82, 2.24) is 0 Å². The number of esters is 2.